The number of imidazole rings is 1. The van der Waals surface area contributed by atoms with Crippen molar-refractivity contribution in [1.82, 2.24) is 13.9 Å². The van der Waals surface area contributed by atoms with Gasteiger partial charge in [-0.25, -0.2) is 13.4 Å². The Kier molecular flexibility index (Phi) is 7.26. The number of carbonyl (C=O) groups is 1. The number of esters is 1. The van der Waals surface area contributed by atoms with Gasteiger partial charge in [-0.3, -0.25) is 4.79 Å². The molecule has 0 amide bonds. The van der Waals surface area contributed by atoms with Crippen LogP contribution < -0.4 is 4.74 Å². The van der Waals surface area contributed by atoms with Crippen LogP contribution >= 0.6 is 23.2 Å². The predicted molar refractivity (Wildman–Crippen MR) is 121 cm³/mol. The molecule has 166 valence electrons. The van der Waals surface area contributed by atoms with Crippen LogP contribution in [0.4, 0.5) is 0 Å². The van der Waals surface area contributed by atoms with E-state index in [-0.39, 0.29) is 22.1 Å². The lowest BCUT2D eigenvalue weighted by Gasteiger charge is -2.18. The molecule has 0 fully saturated rings. The van der Waals surface area contributed by atoms with Crippen LogP contribution in [0.2, 0.25) is 10.0 Å². The van der Waals surface area contributed by atoms with Gasteiger partial charge in [-0.2, -0.15) is 4.31 Å². The van der Waals surface area contributed by atoms with Crippen molar-refractivity contribution in [2.75, 3.05) is 13.1 Å². The molecule has 10 heteroatoms. The molecule has 7 nitrogen and oxygen atoms in total. The summed E-state index contributed by atoms with van der Waals surface area (Å²) in [6.45, 7) is 4.39. The van der Waals surface area contributed by atoms with E-state index in [0.29, 0.717) is 35.9 Å². The third kappa shape index (κ3) is 5.03. The summed E-state index contributed by atoms with van der Waals surface area (Å²) in [6, 6.07) is 9.51. The molecule has 0 aliphatic rings. The smallest absolute Gasteiger partial charge is 0.311 e. The average molecular weight is 484 g/mol. The maximum Gasteiger partial charge on any atom is 0.311 e. The maximum atomic E-state index is 12.8. The van der Waals surface area contributed by atoms with Crippen molar-refractivity contribution in [2.24, 2.45) is 7.05 Å². The number of hydrogen-bond acceptors (Lipinski definition) is 5. The molecule has 0 spiro atoms. The van der Waals surface area contributed by atoms with Gasteiger partial charge in [0.15, 0.2) is 0 Å². The van der Waals surface area contributed by atoms with Gasteiger partial charge in [-0.1, -0.05) is 37.0 Å². The standard InChI is InChI=1S/C21H23Cl2N3O4S/c1-4-26(5-2)31(28,29)15-7-8-18-17(13-15)24-20(25(18)3)10-11-21(27)30-19-9-6-14(22)12-16(19)23/h6-9,12-13H,4-5,10-11H2,1-3H3. The minimum Gasteiger partial charge on any atom is -0.425 e. The molecule has 0 N–H and O–H groups in total. The van der Waals surface area contributed by atoms with Crippen molar-refractivity contribution in [2.45, 2.75) is 31.6 Å². The van der Waals surface area contributed by atoms with Gasteiger partial charge in [0.25, 0.3) is 0 Å². The lowest BCUT2D eigenvalue weighted by atomic mass is 10.3. The summed E-state index contributed by atoms with van der Waals surface area (Å²) in [4.78, 5) is 17.0. The van der Waals surface area contributed by atoms with Gasteiger partial charge < -0.3 is 9.30 Å². The number of halogens is 2. The van der Waals surface area contributed by atoms with Crippen molar-refractivity contribution >= 4 is 50.2 Å². The second kappa shape index (κ2) is 9.56. The van der Waals surface area contributed by atoms with Gasteiger partial charge in [-0.05, 0) is 36.4 Å². The Balaban J connectivity index is 1.77. The molecular formula is C21H23Cl2N3O4S. The molecule has 0 saturated heterocycles. The number of carbonyl (C=O) groups excluding carboxylic acids is 1. The molecule has 3 rings (SSSR count). The van der Waals surface area contributed by atoms with Gasteiger partial charge in [0, 0.05) is 31.6 Å². The minimum atomic E-state index is -3.58. The third-order valence-electron chi connectivity index (χ3n) is 4.96. The highest BCUT2D eigenvalue weighted by atomic mass is 35.5. The van der Waals surface area contributed by atoms with Crippen molar-refractivity contribution in [3.63, 3.8) is 0 Å². The highest BCUT2D eigenvalue weighted by Crippen LogP contribution is 2.28. The van der Waals surface area contributed by atoms with Crippen LogP contribution in [0.1, 0.15) is 26.1 Å². The number of benzene rings is 2. The van der Waals surface area contributed by atoms with E-state index in [4.69, 9.17) is 27.9 Å². The zero-order valence-electron chi connectivity index (χ0n) is 17.4. The Morgan fingerprint density at radius 2 is 1.84 bits per heavy atom. The quantitative estimate of drug-likeness (QED) is 0.349. The van der Waals surface area contributed by atoms with E-state index in [1.54, 1.807) is 38.1 Å². The Labute approximate surface area is 191 Å². The summed E-state index contributed by atoms with van der Waals surface area (Å²) < 4.78 is 34.1. The Morgan fingerprint density at radius 1 is 1.13 bits per heavy atom. The number of aryl methyl sites for hydroxylation is 2. The predicted octanol–water partition coefficient (Wildman–Crippen LogP) is 4.45. The van der Waals surface area contributed by atoms with E-state index in [0.717, 1.165) is 5.52 Å². The van der Waals surface area contributed by atoms with Crippen molar-refractivity contribution in [3.05, 3.63) is 52.3 Å². The molecule has 0 atom stereocenters. The lowest BCUT2D eigenvalue weighted by Crippen LogP contribution is -2.30. The molecule has 0 radical (unpaired) electrons. The number of aromatic nitrogens is 2. The van der Waals surface area contributed by atoms with E-state index in [2.05, 4.69) is 4.98 Å². The van der Waals surface area contributed by atoms with Gasteiger partial charge >= 0.3 is 5.97 Å². The summed E-state index contributed by atoms with van der Waals surface area (Å²) >= 11 is 11.9. The fourth-order valence-electron chi connectivity index (χ4n) is 3.27. The summed E-state index contributed by atoms with van der Waals surface area (Å²) in [6.07, 6.45) is 0.411. The number of fused-ring (bicyclic) bond motifs is 1. The molecule has 3 aromatic rings. The van der Waals surface area contributed by atoms with Gasteiger partial charge in [0.05, 0.1) is 27.4 Å². The van der Waals surface area contributed by atoms with Crippen LogP contribution in [-0.4, -0.2) is 41.3 Å². The summed E-state index contributed by atoms with van der Waals surface area (Å²) in [5, 5.41) is 0.706. The Morgan fingerprint density at radius 3 is 2.48 bits per heavy atom. The highest BCUT2D eigenvalue weighted by Gasteiger charge is 2.23. The van der Waals surface area contributed by atoms with Gasteiger partial charge in [-0.15, -0.1) is 0 Å². The van der Waals surface area contributed by atoms with E-state index in [1.165, 1.54) is 16.4 Å². The fourth-order valence-corrected chi connectivity index (χ4v) is 5.20. The molecular weight excluding hydrogens is 461 g/mol. The monoisotopic (exact) mass is 483 g/mol. The molecule has 31 heavy (non-hydrogen) atoms. The van der Waals surface area contributed by atoms with E-state index < -0.39 is 16.0 Å². The number of ether oxygens (including phenoxy) is 1. The van der Waals surface area contributed by atoms with Crippen molar-refractivity contribution < 1.29 is 17.9 Å². The van der Waals surface area contributed by atoms with Crippen LogP contribution in [0.3, 0.4) is 0 Å². The zero-order valence-corrected chi connectivity index (χ0v) is 19.8. The molecule has 0 aliphatic heterocycles. The SMILES string of the molecule is CCN(CC)S(=O)(=O)c1ccc2c(c1)nc(CCC(=O)Oc1ccc(Cl)cc1Cl)n2C. The first-order valence-corrected chi connectivity index (χ1v) is 12.0. The average Bonchev–Trinajstić information content (AvgIpc) is 3.04. The zero-order chi connectivity index (χ0) is 22.8. The van der Waals surface area contributed by atoms with Crippen LogP contribution in [0.15, 0.2) is 41.3 Å². The van der Waals surface area contributed by atoms with Crippen LogP contribution in [0, 0.1) is 0 Å². The number of rotatable bonds is 8. The molecule has 0 aliphatic carbocycles. The Bertz CT molecular complexity index is 1220. The van der Waals surface area contributed by atoms with Crippen LogP contribution in [0.25, 0.3) is 11.0 Å². The Hall–Kier alpha value is -2.13. The third-order valence-corrected chi connectivity index (χ3v) is 7.53. The van der Waals surface area contributed by atoms with E-state index >= 15 is 0 Å². The van der Waals surface area contributed by atoms with Gasteiger partial charge in [0.1, 0.15) is 11.6 Å². The molecule has 1 heterocycles. The normalized spacial score (nSPS) is 11.9. The minimum absolute atomic E-state index is 0.0840. The van der Waals surface area contributed by atoms with Gasteiger partial charge in [0.2, 0.25) is 10.0 Å². The van der Waals surface area contributed by atoms with Crippen molar-refractivity contribution in [1.29, 1.82) is 0 Å². The number of hydrogen-bond donors (Lipinski definition) is 0. The second-order valence-electron chi connectivity index (χ2n) is 6.88. The summed E-state index contributed by atoms with van der Waals surface area (Å²) in [5.41, 5.74) is 1.34. The summed E-state index contributed by atoms with van der Waals surface area (Å²) in [7, 11) is -1.75. The maximum absolute atomic E-state index is 12.8. The molecule has 0 bridgehead atoms. The number of nitrogens with zero attached hydrogens (tertiary/aromatic N) is 3. The van der Waals surface area contributed by atoms with E-state index in [1.807, 2.05) is 11.6 Å². The van der Waals surface area contributed by atoms with Crippen molar-refractivity contribution in [3.8, 4) is 5.75 Å². The first-order valence-electron chi connectivity index (χ1n) is 9.78. The second-order valence-corrected chi connectivity index (χ2v) is 9.66. The lowest BCUT2D eigenvalue weighted by molar-refractivity contribution is -0.134. The first kappa shape index (κ1) is 23.5. The molecule has 0 unspecified atom stereocenters. The molecule has 2 aromatic carbocycles. The largest absolute Gasteiger partial charge is 0.425 e. The number of sulfonamides is 1. The fraction of sp³-hybridized carbons (Fsp3) is 0.333. The topological polar surface area (TPSA) is 81.5 Å². The summed E-state index contributed by atoms with van der Waals surface area (Å²) in [5.74, 6) is 0.430. The first-order chi connectivity index (χ1) is 14.7. The van der Waals surface area contributed by atoms with E-state index in [9.17, 15) is 13.2 Å². The molecule has 0 saturated carbocycles. The van der Waals surface area contributed by atoms with Crippen LogP contribution in [0.5, 0.6) is 5.75 Å². The van der Waals surface area contributed by atoms with Crippen LogP contribution in [-0.2, 0) is 28.3 Å². The highest BCUT2D eigenvalue weighted by molar-refractivity contribution is 7.89. The molecule has 1 aromatic heterocycles.